The molecule has 26 heavy (non-hydrogen) atoms. The molecule has 0 radical (unpaired) electrons. The van der Waals surface area contributed by atoms with Crippen LogP contribution in [0.3, 0.4) is 0 Å². The quantitative estimate of drug-likeness (QED) is 0.820. The Morgan fingerprint density at radius 1 is 1.27 bits per heavy atom. The van der Waals surface area contributed by atoms with Gasteiger partial charge in [-0.1, -0.05) is 5.21 Å². The lowest BCUT2D eigenvalue weighted by Crippen LogP contribution is -2.26. The van der Waals surface area contributed by atoms with Crippen LogP contribution in [0.1, 0.15) is 21.6 Å². The molecule has 140 valence electrons. The smallest absolute Gasteiger partial charge is 0.347 e. The number of aromatic nitrogens is 3. The van der Waals surface area contributed by atoms with Crippen molar-refractivity contribution >= 4 is 17.5 Å². The number of halogens is 3. The van der Waals surface area contributed by atoms with Crippen molar-refractivity contribution in [2.75, 3.05) is 19.4 Å². The van der Waals surface area contributed by atoms with Crippen molar-refractivity contribution in [3.63, 3.8) is 0 Å². The molecule has 1 aromatic heterocycles. The first-order valence-electron chi connectivity index (χ1n) is 7.43. The molecule has 1 heterocycles. The van der Waals surface area contributed by atoms with Gasteiger partial charge in [0.25, 0.3) is 5.91 Å². The summed E-state index contributed by atoms with van der Waals surface area (Å²) in [6.45, 7) is -0.232. The zero-order chi connectivity index (χ0) is 19.5. The summed E-state index contributed by atoms with van der Waals surface area (Å²) >= 11 is 0. The minimum Gasteiger partial charge on any atom is -0.347 e. The van der Waals surface area contributed by atoms with E-state index in [1.165, 1.54) is 17.2 Å². The van der Waals surface area contributed by atoms with Gasteiger partial charge in [-0.05, 0) is 23.8 Å². The zero-order valence-electron chi connectivity index (χ0n) is 14.0. The van der Waals surface area contributed by atoms with E-state index in [4.69, 9.17) is 5.73 Å². The van der Waals surface area contributed by atoms with Gasteiger partial charge in [0.1, 0.15) is 6.54 Å². The Labute approximate surface area is 146 Å². The van der Waals surface area contributed by atoms with E-state index in [0.29, 0.717) is 0 Å². The molecule has 0 spiro atoms. The number of carbonyl (C=O) groups excluding carboxylic acids is 2. The first kappa shape index (κ1) is 19.4. The third-order valence-corrected chi connectivity index (χ3v) is 3.38. The van der Waals surface area contributed by atoms with Gasteiger partial charge in [0.15, 0.2) is 5.69 Å². The Hall–Kier alpha value is -2.95. The maximum absolute atomic E-state index is 12.9. The van der Waals surface area contributed by atoms with Crippen LogP contribution in [-0.2, 0) is 24.1 Å². The van der Waals surface area contributed by atoms with Crippen LogP contribution in [-0.4, -0.2) is 45.8 Å². The number of nitrogens with one attached hydrogen (secondary N) is 1. The van der Waals surface area contributed by atoms with Gasteiger partial charge < -0.3 is 16.0 Å². The van der Waals surface area contributed by atoms with Crippen LogP contribution < -0.4 is 11.1 Å². The maximum Gasteiger partial charge on any atom is 0.416 e. The number of anilines is 1. The summed E-state index contributed by atoms with van der Waals surface area (Å²) in [4.78, 5) is 25.1. The second-order valence-corrected chi connectivity index (χ2v) is 5.66. The van der Waals surface area contributed by atoms with Gasteiger partial charge in [-0.2, -0.15) is 13.2 Å². The summed E-state index contributed by atoms with van der Waals surface area (Å²) in [6, 6.07) is 3.06. The number of nitrogens with two attached hydrogens (primary N) is 1. The highest BCUT2D eigenvalue weighted by molar-refractivity contribution is 6.02. The molecule has 2 aromatic rings. The van der Waals surface area contributed by atoms with Gasteiger partial charge in [0.05, 0.1) is 11.8 Å². The van der Waals surface area contributed by atoms with E-state index in [-0.39, 0.29) is 35.9 Å². The van der Waals surface area contributed by atoms with Gasteiger partial charge >= 0.3 is 6.18 Å². The topological polar surface area (TPSA) is 106 Å². The number of alkyl halides is 3. The Kier molecular flexibility index (Phi) is 5.60. The Bertz CT molecular complexity index is 816. The highest BCUT2D eigenvalue weighted by atomic mass is 19.4. The largest absolute Gasteiger partial charge is 0.416 e. The molecular formula is C15H17F3N6O2. The van der Waals surface area contributed by atoms with Crippen molar-refractivity contribution in [2.45, 2.75) is 19.3 Å². The second-order valence-electron chi connectivity index (χ2n) is 5.66. The van der Waals surface area contributed by atoms with Crippen LogP contribution in [0, 0.1) is 0 Å². The van der Waals surface area contributed by atoms with Crippen LogP contribution in [0.15, 0.2) is 24.4 Å². The molecule has 8 nitrogen and oxygen atoms in total. The highest BCUT2D eigenvalue weighted by Gasteiger charge is 2.31. The van der Waals surface area contributed by atoms with E-state index in [1.54, 1.807) is 14.1 Å². The fourth-order valence-electron chi connectivity index (χ4n) is 2.00. The van der Waals surface area contributed by atoms with Gasteiger partial charge in [0.2, 0.25) is 5.91 Å². The predicted molar refractivity (Wildman–Crippen MR) is 86.0 cm³/mol. The van der Waals surface area contributed by atoms with Crippen molar-refractivity contribution in [3.8, 4) is 0 Å². The standard InChI is InChI=1S/C15H17F3N6O2/c1-23(2)13(25)8-24-7-12(21-22-24)14(26)20-11-4-9(6-19)3-10(5-11)15(16,17)18/h3-5,7H,6,8,19H2,1-2H3,(H,20,26). The predicted octanol–water partition coefficient (Wildman–Crippen LogP) is 1.10. The molecule has 0 aliphatic carbocycles. The van der Waals surface area contributed by atoms with Gasteiger partial charge in [-0.25, -0.2) is 4.68 Å². The van der Waals surface area contributed by atoms with Crippen molar-refractivity contribution in [1.29, 1.82) is 0 Å². The average Bonchev–Trinajstić information content (AvgIpc) is 3.02. The molecule has 11 heteroatoms. The summed E-state index contributed by atoms with van der Waals surface area (Å²) in [5, 5.41) is 9.60. The minimum atomic E-state index is -4.57. The van der Waals surface area contributed by atoms with Crippen molar-refractivity contribution in [2.24, 2.45) is 5.73 Å². The lowest BCUT2D eigenvalue weighted by Gasteiger charge is -2.12. The summed E-state index contributed by atoms with van der Waals surface area (Å²) < 4.78 is 39.9. The summed E-state index contributed by atoms with van der Waals surface area (Å²) in [7, 11) is 3.13. The number of hydrogen-bond acceptors (Lipinski definition) is 5. The van der Waals surface area contributed by atoms with Crippen molar-refractivity contribution in [1.82, 2.24) is 19.9 Å². The number of carbonyl (C=O) groups is 2. The molecule has 0 saturated heterocycles. The summed E-state index contributed by atoms with van der Waals surface area (Å²) in [5.41, 5.74) is 4.50. The molecule has 0 fully saturated rings. The Morgan fingerprint density at radius 3 is 2.54 bits per heavy atom. The van der Waals surface area contributed by atoms with Crippen LogP contribution in [0.2, 0.25) is 0 Å². The summed E-state index contributed by atoms with van der Waals surface area (Å²) in [6.07, 6.45) is -3.34. The molecule has 0 saturated carbocycles. The first-order chi connectivity index (χ1) is 12.1. The molecule has 0 aliphatic heterocycles. The molecule has 0 aliphatic rings. The first-order valence-corrected chi connectivity index (χ1v) is 7.43. The lowest BCUT2D eigenvalue weighted by molar-refractivity contribution is -0.137. The van der Waals surface area contributed by atoms with E-state index in [1.807, 2.05) is 0 Å². The van der Waals surface area contributed by atoms with E-state index >= 15 is 0 Å². The van der Waals surface area contributed by atoms with E-state index in [0.717, 1.165) is 16.8 Å². The minimum absolute atomic E-state index is 0.0656. The van der Waals surface area contributed by atoms with Crippen LogP contribution in [0.25, 0.3) is 0 Å². The van der Waals surface area contributed by atoms with Crippen molar-refractivity contribution in [3.05, 3.63) is 41.2 Å². The number of nitrogens with zero attached hydrogens (tertiary/aromatic N) is 4. The Balaban J connectivity index is 2.17. The normalized spacial score (nSPS) is 11.3. The molecule has 2 amide bonds. The number of benzene rings is 1. The monoisotopic (exact) mass is 370 g/mol. The maximum atomic E-state index is 12.9. The molecule has 1 aromatic carbocycles. The number of rotatable bonds is 5. The third kappa shape index (κ3) is 4.79. The molecule has 2 rings (SSSR count). The summed E-state index contributed by atoms with van der Waals surface area (Å²) in [5.74, 6) is -1.01. The van der Waals surface area contributed by atoms with E-state index in [9.17, 15) is 22.8 Å². The molecule has 0 bridgehead atoms. The van der Waals surface area contributed by atoms with Gasteiger partial charge in [0, 0.05) is 26.3 Å². The zero-order valence-corrected chi connectivity index (χ0v) is 14.0. The molecule has 3 N–H and O–H groups in total. The number of likely N-dealkylation sites (N-methyl/N-ethyl adjacent to an activating group) is 1. The molecular weight excluding hydrogens is 353 g/mol. The molecule has 0 unspecified atom stereocenters. The van der Waals surface area contributed by atoms with Gasteiger partial charge in [-0.15, -0.1) is 5.10 Å². The lowest BCUT2D eigenvalue weighted by atomic mass is 10.1. The van der Waals surface area contributed by atoms with Crippen LogP contribution in [0.4, 0.5) is 18.9 Å². The SMILES string of the molecule is CN(C)C(=O)Cn1cc(C(=O)Nc2cc(CN)cc(C(F)(F)F)c2)nn1. The fourth-order valence-corrected chi connectivity index (χ4v) is 2.00. The fraction of sp³-hybridized carbons (Fsp3) is 0.333. The van der Waals surface area contributed by atoms with Crippen molar-refractivity contribution < 1.29 is 22.8 Å². The third-order valence-electron chi connectivity index (χ3n) is 3.38. The Morgan fingerprint density at radius 2 is 1.96 bits per heavy atom. The molecule has 0 atom stereocenters. The van der Waals surface area contributed by atoms with E-state index in [2.05, 4.69) is 15.6 Å². The average molecular weight is 370 g/mol. The second kappa shape index (κ2) is 7.52. The van der Waals surface area contributed by atoms with E-state index < -0.39 is 17.6 Å². The highest BCUT2D eigenvalue weighted by Crippen LogP contribution is 2.32. The van der Waals surface area contributed by atoms with Gasteiger partial charge in [-0.3, -0.25) is 9.59 Å². The van der Waals surface area contributed by atoms with Crippen LogP contribution in [0.5, 0.6) is 0 Å². The number of amides is 2. The van der Waals surface area contributed by atoms with Crippen LogP contribution >= 0.6 is 0 Å². The number of hydrogen-bond donors (Lipinski definition) is 2.